The molecule has 3 rings (SSSR count). The van der Waals surface area contributed by atoms with Gasteiger partial charge in [-0.3, -0.25) is 9.69 Å². The fraction of sp³-hybridized carbons (Fsp3) is 0.421. The minimum atomic E-state index is -0.000506. The van der Waals surface area contributed by atoms with E-state index in [1.165, 1.54) is 17.7 Å². The summed E-state index contributed by atoms with van der Waals surface area (Å²) < 4.78 is 0. The van der Waals surface area contributed by atoms with Gasteiger partial charge in [-0.15, -0.1) is 11.3 Å². The molecule has 0 spiro atoms. The van der Waals surface area contributed by atoms with Crippen molar-refractivity contribution in [2.45, 2.75) is 18.9 Å². The van der Waals surface area contributed by atoms with Gasteiger partial charge < -0.3 is 10.2 Å². The molecule has 1 amide bonds. The summed E-state index contributed by atoms with van der Waals surface area (Å²) in [4.78, 5) is 18.4. The van der Waals surface area contributed by atoms with E-state index in [-0.39, 0.29) is 11.9 Å². The van der Waals surface area contributed by atoms with Gasteiger partial charge in [0.25, 0.3) is 5.91 Å². The molecule has 0 saturated carbocycles. The molecule has 1 aromatic heterocycles. The number of benzene rings is 1. The van der Waals surface area contributed by atoms with Crippen molar-refractivity contribution in [1.29, 1.82) is 0 Å². The zero-order valence-corrected chi connectivity index (χ0v) is 15.2. The molecule has 1 aliphatic heterocycles. The van der Waals surface area contributed by atoms with Gasteiger partial charge in [0.2, 0.25) is 0 Å². The van der Waals surface area contributed by atoms with Gasteiger partial charge in [0.05, 0.1) is 6.04 Å². The Balaban J connectivity index is 1.68. The lowest BCUT2D eigenvalue weighted by atomic mass is 10.1. The zero-order valence-electron chi connectivity index (χ0n) is 14.4. The maximum atomic E-state index is 12.6. The molecule has 2 heterocycles. The Morgan fingerprint density at radius 2 is 2.04 bits per heavy atom. The van der Waals surface area contributed by atoms with Gasteiger partial charge >= 0.3 is 0 Å². The molecular formula is C19H25N3OS. The monoisotopic (exact) mass is 343 g/mol. The first-order valence-electron chi connectivity index (χ1n) is 8.48. The number of anilines is 1. The Bertz CT molecular complexity index is 663. The van der Waals surface area contributed by atoms with Crippen LogP contribution in [0.4, 0.5) is 5.69 Å². The van der Waals surface area contributed by atoms with E-state index in [4.69, 9.17) is 0 Å². The highest BCUT2D eigenvalue weighted by molar-refractivity contribution is 7.10. The summed E-state index contributed by atoms with van der Waals surface area (Å²) in [6.45, 7) is 2.90. The second kappa shape index (κ2) is 7.81. The van der Waals surface area contributed by atoms with Crippen LogP contribution in [0.1, 0.15) is 34.1 Å². The van der Waals surface area contributed by atoms with Crippen molar-refractivity contribution < 1.29 is 4.79 Å². The highest BCUT2D eigenvalue weighted by Crippen LogP contribution is 2.28. The van der Waals surface area contributed by atoms with Crippen molar-refractivity contribution in [2.75, 3.05) is 38.6 Å². The molecule has 128 valence electrons. The number of carbonyl (C=O) groups is 1. The predicted octanol–water partition coefficient (Wildman–Crippen LogP) is 3.38. The number of nitrogens with zero attached hydrogens (tertiary/aromatic N) is 2. The third-order valence-electron chi connectivity index (χ3n) is 4.53. The van der Waals surface area contributed by atoms with Crippen LogP contribution in [0.3, 0.4) is 0 Å². The summed E-state index contributed by atoms with van der Waals surface area (Å²) in [6, 6.07) is 12.3. The van der Waals surface area contributed by atoms with E-state index in [0.29, 0.717) is 12.1 Å². The van der Waals surface area contributed by atoms with Gasteiger partial charge in [-0.25, -0.2) is 0 Å². The third-order valence-corrected chi connectivity index (χ3v) is 5.51. The minimum absolute atomic E-state index is 0.000506. The summed E-state index contributed by atoms with van der Waals surface area (Å²) in [5.74, 6) is -0.000506. The first-order valence-corrected chi connectivity index (χ1v) is 9.36. The number of nitrogens with one attached hydrogen (secondary N) is 1. The van der Waals surface area contributed by atoms with Gasteiger partial charge in [0.15, 0.2) is 0 Å². The molecule has 1 saturated heterocycles. The largest absolute Gasteiger partial charge is 0.378 e. The molecule has 1 unspecified atom stereocenters. The number of thiophene rings is 1. The highest BCUT2D eigenvalue weighted by Gasteiger charge is 2.24. The van der Waals surface area contributed by atoms with Crippen molar-refractivity contribution in [1.82, 2.24) is 10.2 Å². The standard InChI is InChI=1S/C19H25N3OS/c1-21(2)16-8-5-7-15(13-16)19(23)20-14-17(18-9-6-12-24-18)22-10-3-4-11-22/h5-9,12-13,17H,3-4,10-11,14H2,1-2H3,(H,20,23). The lowest BCUT2D eigenvalue weighted by molar-refractivity contribution is 0.0938. The lowest BCUT2D eigenvalue weighted by Crippen LogP contribution is -2.36. The molecule has 1 aromatic carbocycles. The first kappa shape index (κ1) is 17.0. The van der Waals surface area contributed by atoms with Crippen LogP contribution in [-0.2, 0) is 0 Å². The summed E-state index contributed by atoms with van der Waals surface area (Å²) in [5.41, 5.74) is 1.75. The Kier molecular flexibility index (Phi) is 5.53. The Hall–Kier alpha value is -1.85. The van der Waals surface area contributed by atoms with Crippen molar-refractivity contribution in [3.8, 4) is 0 Å². The molecule has 1 aliphatic rings. The number of carbonyl (C=O) groups excluding carboxylic acids is 1. The van der Waals surface area contributed by atoms with Crippen LogP contribution in [0.15, 0.2) is 41.8 Å². The van der Waals surface area contributed by atoms with E-state index in [1.807, 2.05) is 43.3 Å². The van der Waals surface area contributed by atoms with E-state index < -0.39 is 0 Å². The normalized spacial score (nSPS) is 16.1. The number of likely N-dealkylation sites (tertiary alicyclic amines) is 1. The molecule has 2 aromatic rings. The Labute approximate surface area is 148 Å². The van der Waals surface area contributed by atoms with Crippen LogP contribution in [0.2, 0.25) is 0 Å². The number of hydrogen-bond donors (Lipinski definition) is 1. The van der Waals surface area contributed by atoms with E-state index in [9.17, 15) is 4.79 Å². The van der Waals surface area contributed by atoms with Crippen LogP contribution < -0.4 is 10.2 Å². The molecule has 0 aliphatic carbocycles. The number of rotatable bonds is 6. The second-order valence-corrected chi connectivity index (χ2v) is 7.41. The Morgan fingerprint density at radius 3 is 2.71 bits per heavy atom. The van der Waals surface area contributed by atoms with Crippen LogP contribution in [0, 0.1) is 0 Å². The third kappa shape index (κ3) is 3.97. The average Bonchev–Trinajstić information content (AvgIpc) is 3.29. The van der Waals surface area contributed by atoms with Crippen molar-refractivity contribution >= 4 is 22.9 Å². The van der Waals surface area contributed by atoms with E-state index in [1.54, 1.807) is 11.3 Å². The quantitative estimate of drug-likeness (QED) is 0.873. The topological polar surface area (TPSA) is 35.6 Å². The number of amides is 1. The highest BCUT2D eigenvalue weighted by atomic mass is 32.1. The van der Waals surface area contributed by atoms with Crippen molar-refractivity contribution in [3.63, 3.8) is 0 Å². The van der Waals surface area contributed by atoms with Crippen molar-refractivity contribution in [2.24, 2.45) is 0 Å². The minimum Gasteiger partial charge on any atom is -0.378 e. The van der Waals surface area contributed by atoms with Gasteiger partial charge in [0, 0.05) is 36.8 Å². The zero-order chi connectivity index (χ0) is 16.9. The lowest BCUT2D eigenvalue weighted by Gasteiger charge is -2.27. The summed E-state index contributed by atoms with van der Waals surface area (Å²) in [6.07, 6.45) is 2.50. The van der Waals surface area contributed by atoms with Crippen LogP contribution in [0.5, 0.6) is 0 Å². The fourth-order valence-corrected chi connectivity index (χ4v) is 4.02. The molecule has 1 N–H and O–H groups in total. The summed E-state index contributed by atoms with van der Waals surface area (Å²) in [5, 5.41) is 5.25. The molecule has 0 bridgehead atoms. The molecule has 5 heteroatoms. The van der Waals surface area contributed by atoms with E-state index >= 15 is 0 Å². The summed E-state index contributed by atoms with van der Waals surface area (Å²) in [7, 11) is 3.97. The van der Waals surface area contributed by atoms with Gasteiger partial charge in [-0.1, -0.05) is 12.1 Å². The van der Waals surface area contributed by atoms with E-state index in [2.05, 4.69) is 27.7 Å². The molecule has 0 radical (unpaired) electrons. The molecular weight excluding hydrogens is 318 g/mol. The maximum absolute atomic E-state index is 12.6. The average molecular weight is 343 g/mol. The van der Waals surface area contributed by atoms with Crippen LogP contribution in [-0.4, -0.2) is 44.5 Å². The molecule has 1 fully saturated rings. The SMILES string of the molecule is CN(C)c1cccc(C(=O)NCC(c2cccs2)N2CCCC2)c1. The Morgan fingerprint density at radius 1 is 1.25 bits per heavy atom. The van der Waals surface area contributed by atoms with Gasteiger partial charge in [0.1, 0.15) is 0 Å². The van der Waals surface area contributed by atoms with Crippen LogP contribution in [0.25, 0.3) is 0 Å². The maximum Gasteiger partial charge on any atom is 0.251 e. The van der Waals surface area contributed by atoms with E-state index in [0.717, 1.165) is 18.8 Å². The van der Waals surface area contributed by atoms with Crippen molar-refractivity contribution in [3.05, 3.63) is 52.2 Å². The summed E-state index contributed by atoms with van der Waals surface area (Å²) >= 11 is 1.77. The predicted molar refractivity (Wildman–Crippen MR) is 101 cm³/mol. The molecule has 24 heavy (non-hydrogen) atoms. The van der Waals surface area contributed by atoms with Gasteiger partial charge in [-0.05, 0) is 55.6 Å². The second-order valence-electron chi connectivity index (χ2n) is 6.43. The smallest absolute Gasteiger partial charge is 0.251 e. The molecule has 4 nitrogen and oxygen atoms in total. The molecule has 1 atom stereocenters. The first-order chi connectivity index (χ1) is 11.6. The van der Waals surface area contributed by atoms with Crippen LogP contribution >= 0.6 is 11.3 Å². The van der Waals surface area contributed by atoms with Gasteiger partial charge in [-0.2, -0.15) is 0 Å². The fourth-order valence-electron chi connectivity index (χ4n) is 3.16. The number of hydrogen-bond acceptors (Lipinski definition) is 4.